The lowest BCUT2D eigenvalue weighted by Crippen LogP contribution is -2.03. The smallest absolute Gasteiger partial charge is 0.138 e. The van der Waals surface area contributed by atoms with E-state index in [-0.39, 0.29) is 0 Å². The first-order valence-electron chi connectivity index (χ1n) is 6.43. The SMILES string of the molecule is Cc1nccn1-c1ccc(NCc2ccccn2)cn1. The predicted molar refractivity (Wildman–Crippen MR) is 77.7 cm³/mol. The molecule has 0 aromatic carbocycles. The van der Waals surface area contributed by atoms with Gasteiger partial charge in [-0.1, -0.05) is 6.07 Å². The van der Waals surface area contributed by atoms with Gasteiger partial charge in [0.05, 0.1) is 24.1 Å². The molecule has 0 amide bonds. The second-order valence-corrected chi connectivity index (χ2v) is 4.42. The van der Waals surface area contributed by atoms with E-state index in [4.69, 9.17) is 0 Å². The number of nitrogens with zero attached hydrogens (tertiary/aromatic N) is 4. The minimum Gasteiger partial charge on any atom is -0.378 e. The Labute approximate surface area is 117 Å². The number of nitrogens with one attached hydrogen (secondary N) is 1. The molecule has 1 N–H and O–H groups in total. The summed E-state index contributed by atoms with van der Waals surface area (Å²) >= 11 is 0. The van der Waals surface area contributed by atoms with E-state index in [9.17, 15) is 0 Å². The topological polar surface area (TPSA) is 55.6 Å². The molecular weight excluding hydrogens is 250 g/mol. The van der Waals surface area contributed by atoms with E-state index in [2.05, 4.69) is 20.3 Å². The van der Waals surface area contributed by atoms with Gasteiger partial charge < -0.3 is 5.32 Å². The summed E-state index contributed by atoms with van der Waals surface area (Å²) in [4.78, 5) is 12.9. The van der Waals surface area contributed by atoms with Gasteiger partial charge in [0, 0.05) is 18.6 Å². The van der Waals surface area contributed by atoms with E-state index >= 15 is 0 Å². The summed E-state index contributed by atoms with van der Waals surface area (Å²) < 4.78 is 1.95. The third-order valence-corrected chi connectivity index (χ3v) is 3.02. The van der Waals surface area contributed by atoms with Crippen LogP contribution in [0.1, 0.15) is 11.5 Å². The fraction of sp³-hybridized carbons (Fsp3) is 0.133. The van der Waals surface area contributed by atoms with Gasteiger partial charge in [0.25, 0.3) is 0 Å². The molecule has 0 fully saturated rings. The van der Waals surface area contributed by atoms with Gasteiger partial charge in [-0.3, -0.25) is 9.55 Å². The fourth-order valence-corrected chi connectivity index (χ4v) is 1.95. The van der Waals surface area contributed by atoms with E-state index in [1.165, 1.54) is 0 Å². The van der Waals surface area contributed by atoms with Crippen molar-refractivity contribution in [3.63, 3.8) is 0 Å². The van der Waals surface area contributed by atoms with Gasteiger partial charge in [-0.15, -0.1) is 0 Å². The van der Waals surface area contributed by atoms with Gasteiger partial charge >= 0.3 is 0 Å². The number of hydrogen-bond donors (Lipinski definition) is 1. The molecule has 3 heterocycles. The molecule has 0 radical (unpaired) electrons. The van der Waals surface area contributed by atoms with Crippen molar-refractivity contribution in [3.8, 4) is 5.82 Å². The second-order valence-electron chi connectivity index (χ2n) is 4.42. The normalized spacial score (nSPS) is 10.4. The number of aromatic nitrogens is 4. The first kappa shape index (κ1) is 12.3. The Morgan fingerprint density at radius 1 is 1.05 bits per heavy atom. The quantitative estimate of drug-likeness (QED) is 0.787. The van der Waals surface area contributed by atoms with E-state index in [0.29, 0.717) is 6.54 Å². The molecule has 3 rings (SSSR count). The molecule has 0 aliphatic heterocycles. The first-order valence-corrected chi connectivity index (χ1v) is 6.43. The molecule has 0 saturated heterocycles. The van der Waals surface area contributed by atoms with E-state index in [1.807, 2.05) is 54.2 Å². The number of pyridine rings is 2. The molecule has 3 aromatic heterocycles. The highest BCUT2D eigenvalue weighted by atomic mass is 15.1. The maximum Gasteiger partial charge on any atom is 0.138 e. The van der Waals surface area contributed by atoms with Crippen LogP contribution in [-0.2, 0) is 6.54 Å². The van der Waals surface area contributed by atoms with Crippen molar-refractivity contribution >= 4 is 5.69 Å². The highest BCUT2D eigenvalue weighted by molar-refractivity contribution is 5.44. The van der Waals surface area contributed by atoms with Crippen molar-refractivity contribution in [3.05, 3.63) is 66.6 Å². The number of aryl methyl sites for hydroxylation is 1. The average Bonchev–Trinajstić information content (AvgIpc) is 2.93. The largest absolute Gasteiger partial charge is 0.378 e. The van der Waals surface area contributed by atoms with Gasteiger partial charge in [0.2, 0.25) is 0 Å². The third kappa shape index (κ3) is 2.66. The molecule has 0 saturated carbocycles. The van der Waals surface area contributed by atoms with Crippen LogP contribution >= 0.6 is 0 Å². The van der Waals surface area contributed by atoms with Gasteiger partial charge in [0.15, 0.2) is 0 Å². The molecule has 0 spiro atoms. The van der Waals surface area contributed by atoms with Crippen molar-refractivity contribution < 1.29 is 0 Å². The second kappa shape index (κ2) is 5.52. The van der Waals surface area contributed by atoms with E-state index in [1.54, 1.807) is 12.4 Å². The van der Waals surface area contributed by atoms with Gasteiger partial charge in [-0.05, 0) is 31.2 Å². The van der Waals surface area contributed by atoms with Crippen molar-refractivity contribution in [2.24, 2.45) is 0 Å². The molecule has 0 aliphatic carbocycles. The summed E-state index contributed by atoms with van der Waals surface area (Å²) in [5.41, 5.74) is 1.97. The molecule has 0 aliphatic rings. The first-order chi connectivity index (χ1) is 9.83. The molecule has 3 aromatic rings. The fourth-order valence-electron chi connectivity index (χ4n) is 1.95. The Balaban J connectivity index is 1.69. The Morgan fingerprint density at radius 3 is 2.65 bits per heavy atom. The van der Waals surface area contributed by atoms with Crippen molar-refractivity contribution in [2.75, 3.05) is 5.32 Å². The monoisotopic (exact) mass is 265 g/mol. The molecule has 5 nitrogen and oxygen atoms in total. The van der Waals surface area contributed by atoms with Crippen LogP contribution in [0, 0.1) is 6.92 Å². The van der Waals surface area contributed by atoms with E-state index in [0.717, 1.165) is 23.0 Å². The highest BCUT2D eigenvalue weighted by Gasteiger charge is 2.01. The molecule has 0 unspecified atom stereocenters. The van der Waals surface area contributed by atoms with Crippen LogP contribution in [0.3, 0.4) is 0 Å². The van der Waals surface area contributed by atoms with Crippen molar-refractivity contribution in [2.45, 2.75) is 13.5 Å². The van der Waals surface area contributed by atoms with Gasteiger partial charge in [-0.2, -0.15) is 0 Å². The van der Waals surface area contributed by atoms with Crippen molar-refractivity contribution in [1.82, 2.24) is 19.5 Å². The number of anilines is 1. The highest BCUT2D eigenvalue weighted by Crippen LogP contribution is 2.12. The van der Waals surface area contributed by atoms with Crippen LogP contribution in [0.2, 0.25) is 0 Å². The summed E-state index contributed by atoms with van der Waals surface area (Å²) in [6, 6.07) is 9.85. The standard InChI is InChI=1S/C15H15N5/c1-12-16-8-9-20(12)15-6-5-14(11-19-15)18-10-13-4-2-3-7-17-13/h2-9,11,18H,10H2,1H3. The van der Waals surface area contributed by atoms with Crippen LogP contribution in [0.4, 0.5) is 5.69 Å². The van der Waals surface area contributed by atoms with Gasteiger partial charge in [-0.25, -0.2) is 9.97 Å². The molecule has 5 heteroatoms. The summed E-state index contributed by atoms with van der Waals surface area (Å²) in [5, 5.41) is 3.30. The minimum absolute atomic E-state index is 0.686. The third-order valence-electron chi connectivity index (χ3n) is 3.02. The summed E-state index contributed by atoms with van der Waals surface area (Å²) in [6.07, 6.45) is 7.28. The Morgan fingerprint density at radius 2 is 2.00 bits per heavy atom. The van der Waals surface area contributed by atoms with Crippen LogP contribution in [-0.4, -0.2) is 19.5 Å². The maximum absolute atomic E-state index is 4.43. The Bertz CT molecular complexity index is 673. The number of hydrogen-bond acceptors (Lipinski definition) is 4. The Kier molecular flexibility index (Phi) is 3.41. The molecule has 0 atom stereocenters. The lowest BCUT2D eigenvalue weighted by molar-refractivity contribution is 0.931. The van der Waals surface area contributed by atoms with Gasteiger partial charge in [0.1, 0.15) is 11.6 Å². The lowest BCUT2D eigenvalue weighted by Gasteiger charge is -2.07. The van der Waals surface area contributed by atoms with E-state index < -0.39 is 0 Å². The van der Waals surface area contributed by atoms with Crippen LogP contribution in [0.25, 0.3) is 5.82 Å². The van der Waals surface area contributed by atoms with Crippen LogP contribution in [0.15, 0.2) is 55.1 Å². The molecule has 0 bridgehead atoms. The zero-order chi connectivity index (χ0) is 13.8. The Hall–Kier alpha value is -2.69. The number of imidazole rings is 1. The average molecular weight is 265 g/mol. The van der Waals surface area contributed by atoms with Crippen molar-refractivity contribution in [1.29, 1.82) is 0 Å². The lowest BCUT2D eigenvalue weighted by atomic mass is 10.3. The summed E-state index contributed by atoms with van der Waals surface area (Å²) in [6.45, 7) is 2.64. The molecule has 20 heavy (non-hydrogen) atoms. The predicted octanol–water partition coefficient (Wildman–Crippen LogP) is 2.58. The minimum atomic E-state index is 0.686. The number of rotatable bonds is 4. The molecule has 100 valence electrons. The zero-order valence-electron chi connectivity index (χ0n) is 11.2. The molecular formula is C15H15N5. The maximum atomic E-state index is 4.43. The summed E-state index contributed by atoms with van der Waals surface area (Å²) in [7, 11) is 0. The zero-order valence-corrected chi connectivity index (χ0v) is 11.2. The van der Waals surface area contributed by atoms with Crippen LogP contribution in [0.5, 0.6) is 0 Å². The summed E-state index contributed by atoms with van der Waals surface area (Å²) in [5.74, 6) is 1.79. The van der Waals surface area contributed by atoms with Crippen LogP contribution < -0.4 is 5.32 Å².